The van der Waals surface area contributed by atoms with E-state index < -0.39 is 0 Å². The van der Waals surface area contributed by atoms with Crippen LogP contribution in [0.5, 0.6) is 5.75 Å². The maximum absolute atomic E-state index is 11.9. The van der Waals surface area contributed by atoms with Crippen LogP contribution in [-0.2, 0) is 4.79 Å². The van der Waals surface area contributed by atoms with Crippen LogP contribution in [0, 0.1) is 11.3 Å². The van der Waals surface area contributed by atoms with Gasteiger partial charge in [-0.05, 0) is 32.9 Å². The van der Waals surface area contributed by atoms with Gasteiger partial charge in [-0.25, -0.2) is 0 Å². The van der Waals surface area contributed by atoms with Crippen molar-refractivity contribution in [2.45, 2.75) is 32.7 Å². The Morgan fingerprint density at radius 2 is 2.10 bits per heavy atom. The minimum absolute atomic E-state index is 0.0253. The maximum atomic E-state index is 11.9. The Balaban J connectivity index is 2.69. The molecule has 5 nitrogen and oxygen atoms in total. The molecule has 0 heterocycles. The van der Waals surface area contributed by atoms with Gasteiger partial charge in [0.05, 0.1) is 12.7 Å². The van der Waals surface area contributed by atoms with Crippen LogP contribution < -0.4 is 15.4 Å². The number of carbonyl (C=O) groups excluding carboxylic acids is 1. The maximum Gasteiger partial charge on any atom is 0.225 e. The van der Waals surface area contributed by atoms with Gasteiger partial charge in [-0.15, -0.1) is 0 Å². The monoisotopic (exact) mass is 275 g/mol. The molecule has 1 aromatic rings. The molecule has 0 saturated carbocycles. The quantitative estimate of drug-likeness (QED) is 0.864. The second-order valence-corrected chi connectivity index (χ2v) is 5.47. The number of amides is 1. The zero-order chi connectivity index (χ0) is 15.2. The minimum atomic E-state index is -0.150. The molecule has 2 N–H and O–H groups in total. The summed E-state index contributed by atoms with van der Waals surface area (Å²) in [6.07, 6.45) is 0.334. The number of ether oxygens (including phenoxy) is 1. The minimum Gasteiger partial charge on any atom is -0.495 e. The number of methoxy groups -OCH3 is 1. The Morgan fingerprint density at radius 3 is 2.65 bits per heavy atom. The molecular formula is C15H21N3O2. The smallest absolute Gasteiger partial charge is 0.225 e. The van der Waals surface area contributed by atoms with Crippen LogP contribution in [0.2, 0.25) is 0 Å². The van der Waals surface area contributed by atoms with E-state index in [1.165, 1.54) is 7.11 Å². The van der Waals surface area contributed by atoms with Crippen molar-refractivity contribution < 1.29 is 9.53 Å². The number of rotatable bonds is 5. The van der Waals surface area contributed by atoms with Crippen LogP contribution in [0.1, 0.15) is 32.8 Å². The van der Waals surface area contributed by atoms with Crippen molar-refractivity contribution in [2.75, 3.05) is 19.0 Å². The predicted octanol–water partition coefficient (Wildman–Crippen LogP) is 2.28. The molecular weight excluding hydrogens is 254 g/mol. The van der Waals surface area contributed by atoms with Crippen LogP contribution >= 0.6 is 0 Å². The fourth-order valence-electron chi connectivity index (χ4n) is 1.68. The molecule has 0 atom stereocenters. The second kappa shape index (κ2) is 6.92. The highest BCUT2D eigenvalue weighted by Crippen LogP contribution is 2.27. The molecule has 0 unspecified atom stereocenters. The van der Waals surface area contributed by atoms with Crippen LogP contribution in [0.25, 0.3) is 0 Å². The number of nitrogens with one attached hydrogen (secondary N) is 2. The molecule has 1 amide bonds. The zero-order valence-corrected chi connectivity index (χ0v) is 12.4. The normalized spacial score (nSPS) is 10.8. The lowest BCUT2D eigenvalue weighted by atomic mass is 10.1. The molecule has 0 spiro atoms. The third-order valence-corrected chi connectivity index (χ3v) is 2.64. The van der Waals surface area contributed by atoms with Gasteiger partial charge in [-0.1, -0.05) is 6.07 Å². The predicted molar refractivity (Wildman–Crippen MR) is 78.7 cm³/mol. The Kier molecular flexibility index (Phi) is 5.53. The molecule has 1 rings (SSSR count). The van der Waals surface area contributed by atoms with Gasteiger partial charge >= 0.3 is 0 Å². The largest absolute Gasteiger partial charge is 0.495 e. The highest BCUT2D eigenvalue weighted by atomic mass is 16.5. The molecule has 1 aromatic carbocycles. The van der Waals surface area contributed by atoms with Crippen molar-refractivity contribution in [3.8, 4) is 11.8 Å². The topological polar surface area (TPSA) is 74.1 Å². The molecule has 0 saturated heterocycles. The van der Waals surface area contributed by atoms with E-state index in [1.54, 1.807) is 18.2 Å². The number of carbonyl (C=O) groups is 1. The number of hydrogen-bond acceptors (Lipinski definition) is 4. The average molecular weight is 275 g/mol. The van der Waals surface area contributed by atoms with Gasteiger partial charge in [0.2, 0.25) is 5.91 Å². The summed E-state index contributed by atoms with van der Waals surface area (Å²) >= 11 is 0. The number of anilines is 1. The van der Waals surface area contributed by atoms with Crippen molar-refractivity contribution in [3.05, 3.63) is 23.8 Å². The number of para-hydroxylation sites is 1. The first kappa shape index (κ1) is 16.0. The van der Waals surface area contributed by atoms with Gasteiger partial charge < -0.3 is 15.4 Å². The van der Waals surface area contributed by atoms with Crippen LogP contribution in [0.4, 0.5) is 5.69 Å². The first-order valence-corrected chi connectivity index (χ1v) is 6.49. The lowest BCUT2D eigenvalue weighted by Gasteiger charge is -2.20. The van der Waals surface area contributed by atoms with E-state index >= 15 is 0 Å². The van der Waals surface area contributed by atoms with E-state index in [9.17, 15) is 4.79 Å². The summed E-state index contributed by atoms with van der Waals surface area (Å²) in [5.74, 6) is 0.337. The first-order chi connectivity index (χ1) is 9.37. The number of hydrogen-bond donors (Lipinski definition) is 2. The Hall–Kier alpha value is -2.06. The van der Waals surface area contributed by atoms with Gasteiger partial charge in [0.15, 0.2) is 0 Å². The fraction of sp³-hybridized carbons (Fsp3) is 0.467. The number of nitrogens with zero attached hydrogens (tertiary/aromatic N) is 1. The summed E-state index contributed by atoms with van der Waals surface area (Å²) in [6.45, 7) is 6.70. The lowest BCUT2D eigenvalue weighted by Crippen LogP contribution is -2.37. The number of nitriles is 1. The highest BCUT2D eigenvalue weighted by Gasteiger charge is 2.13. The van der Waals surface area contributed by atoms with Gasteiger partial charge in [0, 0.05) is 18.5 Å². The standard InChI is InChI=1S/C15H21N3O2/c1-15(2,3)17-9-8-13(19)18-14-11(10-16)6-5-7-12(14)20-4/h5-7,17H,8-9H2,1-4H3,(H,18,19). The summed E-state index contributed by atoms with van der Waals surface area (Å²) in [5, 5.41) is 15.0. The number of benzene rings is 1. The van der Waals surface area contributed by atoms with E-state index in [0.717, 1.165) is 0 Å². The third kappa shape index (κ3) is 4.90. The molecule has 5 heteroatoms. The van der Waals surface area contributed by atoms with Crippen LogP contribution in [0.3, 0.4) is 0 Å². The third-order valence-electron chi connectivity index (χ3n) is 2.64. The van der Waals surface area contributed by atoms with Crippen molar-refractivity contribution in [2.24, 2.45) is 0 Å². The van der Waals surface area contributed by atoms with Crippen molar-refractivity contribution in [1.82, 2.24) is 5.32 Å². The van der Waals surface area contributed by atoms with E-state index in [0.29, 0.717) is 30.0 Å². The lowest BCUT2D eigenvalue weighted by molar-refractivity contribution is -0.116. The SMILES string of the molecule is COc1cccc(C#N)c1NC(=O)CCNC(C)(C)C. The van der Waals surface area contributed by atoms with E-state index in [1.807, 2.05) is 26.8 Å². The summed E-state index contributed by atoms with van der Waals surface area (Å²) < 4.78 is 5.17. The van der Waals surface area contributed by atoms with Gasteiger partial charge in [-0.2, -0.15) is 5.26 Å². The molecule has 0 fully saturated rings. The van der Waals surface area contributed by atoms with Gasteiger partial charge in [0.1, 0.15) is 17.5 Å². The summed E-state index contributed by atoms with van der Waals surface area (Å²) in [7, 11) is 1.51. The van der Waals surface area contributed by atoms with E-state index in [2.05, 4.69) is 10.6 Å². The molecule has 0 aromatic heterocycles. The van der Waals surface area contributed by atoms with Crippen molar-refractivity contribution in [1.29, 1.82) is 5.26 Å². The summed E-state index contributed by atoms with van der Waals surface area (Å²) in [5.41, 5.74) is 0.794. The first-order valence-electron chi connectivity index (χ1n) is 6.49. The van der Waals surface area contributed by atoms with Gasteiger partial charge in [-0.3, -0.25) is 4.79 Å². The molecule has 0 aliphatic carbocycles. The fourth-order valence-corrected chi connectivity index (χ4v) is 1.68. The molecule has 108 valence electrons. The summed E-state index contributed by atoms with van der Waals surface area (Å²) in [4.78, 5) is 11.9. The Morgan fingerprint density at radius 1 is 1.40 bits per heavy atom. The Labute approximate surface area is 119 Å². The van der Waals surface area contributed by atoms with Gasteiger partial charge in [0.25, 0.3) is 0 Å². The van der Waals surface area contributed by atoms with Crippen molar-refractivity contribution >= 4 is 11.6 Å². The molecule has 0 aliphatic rings. The summed E-state index contributed by atoms with van der Waals surface area (Å²) in [6, 6.07) is 7.12. The molecule has 20 heavy (non-hydrogen) atoms. The average Bonchev–Trinajstić information content (AvgIpc) is 2.37. The van der Waals surface area contributed by atoms with Crippen LogP contribution in [-0.4, -0.2) is 25.1 Å². The van der Waals surface area contributed by atoms with Crippen molar-refractivity contribution in [3.63, 3.8) is 0 Å². The Bertz CT molecular complexity index is 513. The molecule has 0 aliphatic heterocycles. The van der Waals surface area contributed by atoms with Crippen LogP contribution in [0.15, 0.2) is 18.2 Å². The zero-order valence-electron chi connectivity index (χ0n) is 12.4. The second-order valence-electron chi connectivity index (χ2n) is 5.47. The molecule has 0 bridgehead atoms. The highest BCUT2D eigenvalue weighted by molar-refractivity contribution is 5.94. The van der Waals surface area contributed by atoms with E-state index in [-0.39, 0.29) is 11.4 Å². The molecule has 0 radical (unpaired) electrons. The van der Waals surface area contributed by atoms with E-state index in [4.69, 9.17) is 10.00 Å².